The van der Waals surface area contributed by atoms with Gasteiger partial charge in [0.1, 0.15) is 12.2 Å². The summed E-state index contributed by atoms with van der Waals surface area (Å²) in [6, 6.07) is 0.142. The number of carbonyl (C=O) groups is 1. The van der Waals surface area contributed by atoms with Crippen LogP contribution in [0.5, 0.6) is 0 Å². The minimum Gasteiger partial charge on any atom is -0.377 e. The summed E-state index contributed by atoms with van der Waals surface area (Å²) in [5.74, 6) is 0.613. The van der Waals surface area contributed by atoms with Crippen LogP contribution < -0.4 is 0 Å². The van der Waals surface area contributed by atoms with Crippen molar-refractivity contribution in [1.29, 1.82) is 0 Å². The van der Waals surface area contributed by atoms with Gasteiger partial charge in [-0.05, 0) is 18.8 Å². The molecule has 0 radical (unpaired) electrons. The molecule has 0 bridgehead atoms. The van der Waals surface area contributed by atoms with Gasteiger partial charge in [0, 0.05) is 27.3 Å². The van der Waals surface area contributed by atoms with E-state index in [4.69, 9.17) is 9.47 Å². The zero-order chi connectivity index (χ0) is 13.1. The van der Waals surface area contributed by atoms with Crippen LogP contribution in [0.2, 0.25) is 0 Å². The standard InChI is InChI=1S/C13H24N2O3/c1-10-5-4-6-14(7-10)13(16)15-8-11(17-2)12(9-15)18-3/h10-12H,4-9H2,1-3H3. The van der Waals surface area contributed by atoms with Gasteiger partial charge in [-0.3, -0.25) is 0 Å². The molecule has 0 aromatic carbocycles. The van der Waals surface area contributed by atoms with Gasteiger partial charge in [0.05, 0.1) is 13.1 Å². The van der Waals surface area contributed by atoms with Gasteiger partial charge in [0.15, 0.2) is 0 Å². The number of carbonyl (C=O) groups excluding carboxylic acids is 1. The topological polar surface area (TPSA) is 42.0 Å². The Hall–Kier alpha value is -0.810. The van der Waals surface area contributed by atoms with E-state index >= 15 is 0 Å². The SMILES string of the molecule is COC1CN(C(=O)N2CCCC(C)C2)CC1OC. The molecule has 2 rings (SSSR count). The van der Waals surface area contributed by atoms with Crippen LogP contribution in [0.25, 0.3) is 0 Å². The van der Waals surface area contributed by atoms with Crippen molar-refractivity contribution < 1.29 is 14.3 Å². The van der Waals surface area contributed by atoms with Gasteiger partial charge in [-0.2, -0.15) is 0 Å². The Morgan fingerprint density at radius 1 is 1.06 bits per heavy atom. The van der Waals surface area contributed by atoms with Crippen LogP contribution in [0.4, 0.5) is 4.79 Å². The number of urea groups is 1. The molecule has 0 aromatic heterocycles. The molecule has 3 atom stereocenters. The fourth-order valence-corrected chi connectivity index (χ4v) is 2.92. The number of hydrogen-bond acceptors (Lipinski definition) is 3. The van der Waals surface area contributed by atoms with Gasteiger partial charge in [-0.15, -0.1) is 0 Å². The van der Waals surface area contributed by atoms with Gasteiger partial charge in [0.25, 0.3) is 0 Å². The highest BCUT2D eigenvalue weighted by atomic mass is 16.5. The zero-order valence-electron chi connectivity index (χ0n) is 11.6. The first-order chi connectivity index (χ1) is 8.65. The lowest BCUT2D eigenvalue weighted by Gasteiger charge is -2.33. The van der Waals surface area contributed by atoms with Crippen LogP contribution >= 0.6 is 0 Å². The van der Waals surface area contributed by atoms with E-state index in [1.165, 1.54) is 6.42 Å². The van der Waals surface area contributed by atoms with Crippen LogP contribution in [0.1, 0.15) is 19.8 Å². The van der Waals surface area contributed by atoms with Gasteiger partial charge < -0.3 is 19.3 Å². The van der Waals surface area contributed by atoms with Crippen LogP contribution in [0.3, 0.4) is 0 Å². The predicted octanol–water partition coefficient (Wildman–Crippen LogP) is 1.18. The van der Waals surface area contributed by atoms with Crippen molar-refractivity contribution in [2.75, 3.05) is 40.4 Å². The number of methoxy groups -OCH3 is 2. The van der Waals surface area contributed by atoms with Crippen LogP contribution in [-0.2, 0) is 9.47 Å². The summed E-state index contributed by atoms with van der Waals surface area (Å²) >= 11 is 0. The van der Waals surface area contributed by atoms with Gasteiger partial charge in [-0.1, -0.05) is 6.92 Å². The summed E-state index contributed by atoms with van der Waals surface area (Å²) in [5.41, 5.74) is 0. The summed E-state index contributed by atoms with van der Waals surface area (Å²) in [4.78, 5) is 16.2. The lowest BCUT2D eigenvalue weighted by Crippen LogP contribution is -2.46. The van der Waals surface area contributed by atoms with Crippen molar-refractivity contribution >= 4 is 6.03 Å². The molecule has 2 amide bonds. The average molecular weight is 256 g/mol. The Kier molecular flexibility index (Phi) is 4.45. The molecular weight excluding hydrogens is 232 g/mol. The Balaban J connectivity index is 1.93. The van der Waals surface area contributed by atoms with Crippen molar-refractivity contribution in [3.63, 3.8) is 0 Å². The van der Waals surface area contributed by atoms with E-state index in [2.05, 4.69) is 6.92 Å². The lowest BCUT2D eigenvalue weighted by molar-refractivity contribution is -0.00461. The van der Waals surface area contributed by atoms with E-state index in [1.54, 1.807) is 14.2 Å². The number of rotatable bonds is 2. The summed E-state index contributed by atoms with van der Waals surface area (Å²) in [5, 5.41) is 0. The molecule has 0 spiro atoms. The minimum absolute atomic E-state index is 0.00108. The third-order valence-electron chi connectivity index (χ3n) is 4.02. The molecule has 3 unspecified atom stereocenters. The highest BCUT2D eigenvalue weighted by molar-refractivity contribution is 5.75. The highest BCUT2D eigenvalue weighted by Crippen LogP contribution is 2.21. The summed E-state index contributed by atoms with van der Waals surface area (Å²) in [6.07, 6.45) is 2.34. The molecule has 2 aliphatic rings. The van der Waals surface area contributed by atoms with E-state index < -0.39 is 0 Å². The van der Waals surface area contributed by atoms with Crippen LogP contribution in [-0.4, -0.2) is 68.4 Å². The molecule has 0 saturated carbocycles. The third kappa shape index (κ3) is 2.78. The Morgan fingerprint density at radius 2 is 1.67 bits per heavy atom. The van der Waals surface area contributed by atoms with E-state index in [1.807, 2.05) is 9.80 Å². The van der Waals surface area contributed by atoms with Crippen molar-refractivity contribution in [3.05, 3.63) is 0 Å². The second kappa shape index (κ2) is 5.89. The van der Waals surface area contributed by atoms with Crippen molar-refractivity contribution in [1.82, 2.24) is 9.80 Å². The molecule has 0 N–H and O–H groups in total. The minimum atomic E-state index is 0.00108. The van der Waals surface area contributed by atoms with Gasteiger partial charge >= 0.3 is 6.03 Å². The maximum absolute atomic E-state index is 12.4. The molecule has 2 fully saturated rings. The average Bonchev–Trinajstić information content (AvgIpc) is 2.81. The van der Waals surface area contributed by atoms with Crippen LogP contribution in [0, 0.1) is 5.92 Å². The normalized spacial score (nSPS) is 32.9. The molecule has 0 aliphatic carbocycles. The molecule has 18 heavy (non-hydrogen) atoms. The van der Waals surface area contributed by atoms with Crippen LogP contribution in [0.15, 0.2) is 0 Å². The second-order valence-electron chi connectivity index (χ2n) is 5.43. The fourth-order valence-electron chi connectivity index (χ4n) is 2.92. The number of hydrogen-bond donors (Lipinski definition) is 0. The van der Waals surface area contributed by atoms with E-state index in [0.717, 1.165) is 19.5 Å². The number of nitrogens with zero attached hydrogens (tertiary/aromatic N) is 2. The number of piperidine rings is 1. The number of likely N-dealkylation sites (tertiary alicyclic amines) is 2. The number of amides is 2. The maximum Gasteiger partial charge on any atom is 0.320 e. The first-order valence-electron chi connectivity index (χ1n) is 6.75. The zero-order valence-corrected chi connectivity index (χ0v) is 11.6. The fraction of sp³-hybridized carbons (Fsp3) is 0.923. The van der Waals surface area contributed by atoms with Gasteiger partial charge in [-0.25, -0.2) is 4.79 Å². The molecule has 2 heterocycles. The predicted molar refractivity (Wildman–Crippen MR) is 68.5 cm³/mol. The smallest absolute Gasteiger partial charge is 0.320 e. The van der Waals surface area contributed by atoms with Crippen molar-refractivity contribution in [2.24, 2.45) is 5.92 Å². The molecule has 5 nitrogen and oxygen atoms in total. The monoisotopic (exact) mass is 256 g/mol. The molecule has 2 saturated heterocycles. The summed E-state index contributed by atoms with van der Waals surface area (Å²) in [6.45, 7) is 5.25. The third-order valence-corrected chi connectivity index (χ3v) is 4.02. The van der Waals surface area contributed by atoms with Crippen molar-refractivity contribution in [2.45, 2.75) is 32.0 Å². The molecule has 5 heteroatoms. The molecule has 2 aliphatic heterocycles. The Morgan fingerprint density at radius 3 is 2.17 bits per heavy atom. The van der Waals surface area contributed by atoms with E-state index in [-0.39, 0.29) is 18.2 Å². The highest BCUT2D eigenvalue weighted by Gasteiger charge is 2.37. The Labute approximate surface area is 109 Å². The van der Waals surface area contributed by atoms with E-state index in [9.17, 15) is 4.79 Å². The molecule has 104 valence electrons. The maximum atomic E-state index is 12.4. The largest absolute Gasteiger partial charge is 0.377 e. The lowest BCUT2D eigenvalue weighted by atomic mass is 10.0. The first kappa shape index (κ1) is 13.6. The number of ether oxygens (including phenoxy) is 2. The second-order valence-corrected chi connectivity index (χ2v) is 5.43. The first-order valence-corrected chi connectivity index (χ1v) is 6.75. The molecular formula is C13H24N2O3. The van der Waals surface area contributed by atoms with Crippen molar-refractivity contribution in [3.8, 4) is 0 Å². The quantitative estimate of drug-likeness (QED) is 0.745. The van der Waals surface area contributed by atoms with Gasteiger partial charge in [0.2, 0.25) is 0 Å². The summed E-state index contributed by atoms with van der Waals surface area (Å²) < 4.78 is 10.7. The summed E-state index contributed by atoms with van der Waals surface area (Å²) in [7, 11) is 3.35. The van der Waals surface area contributed by atoms with E-state index in [0.29, 0.717) is 19.0 Å². The Bertz CT molecular complexity index is 286. The molecule has 0 aromatic rings.